The molecule has 0 aliphatic rings. The molecule has 0 aliphatic carbocycles. The zero-order chi connectivity index (χ0) is 14.3. The Hall–Kier alpha value is -1.39. The van der Waals surface area contributed by atoms with E-state index in [1.165, 1.54) is 0 Å². The van der Waals surface area contributed by atoms with Gasteiger partial charge in [-0.1, -0.05) is 37.3 Å². The fourth-order valence-corrected chi connectivity index (χ4v) is 1.78. The van der Waals surface area contributed by atoms with Gasteiger partial charge in [-0.25, -0.2) is 0 Å². The van der Waals surface area contributed by atoms with Crippen LogP contribution in [0.25, 0.3) is 0 Å². The molecule has 106 valence electrons. The molecule has 0 spiro atoms. The lowest BCUT2D eigenvalue weighted by molar-refractivity contribution is -0.122. The number of benzene rings is 1. The largest absolute Gasteiger partial charge is 0.396 e. The molecule has 0 bridgehead atoms. The van der Waals surface area contributed by atoms with Crippen LogP contribution in [0.2, 0.25) is 0 Å². The van der Waals surface area contributed by atoms with E-state index in [0.717, 1.165) is 5.56 Å². The van der Waals surface area contributed by atoms with E-state index in [1.54, 1.807) is 0 Å². The Bertz CT molecular complexity index is 381. The van der Waals surface area contributed by atoms with Crippen molar-refractivity contribution in [1.82, 2.24) is 5.32 Å². The van der Waals surface area contributed by atoms with Gasteiger partial charge in [0.1, 0.15) is 0 Å². The fraction of sp³-hybridized carbons (Fsp3) is 0.533. The van der Waals surface area contributed by atoms with Crippen molar-refractivity contribution in [3.8, 4) is 0 Å². The highest BCUT2D eigenvalue weighted by Crippen LogP contribution is 2.15. The first-order chi connectivity index (χ1) is 9.04. The van der Waals surface area contributed by atoms with Crippen molar-refractivity contribution in [3.05, 3.63) is 35.9 Å². The lowest BCUT2D eigenvalue weighted by Gasteiger charge is -2.19. The molecule has 0 saturated carbocycles. The van der Waals surface area contributed by atoms with Gasteiger partial charge >= 0.3 is 0 Å². The molecule has 0 aromatic heterocycles. The zero-order valence-electron chi connectivity index (χ0n) is 11.7. The van der Waals surface area contributed by atoms with Gasteiger partial charge in [-0.15, -0.1) is 0 Å². The van der Waals surface area contributed by atoms with Crippen LogP contribution in [0.1, 0.15) is 38.3 Å². The number of aliphatic hydroxyl groups is 1. The minimum atomic E-state index is -0.113. The lowest BCUT2D eigenvalue weighted by atomic mass is 10.0. The molecule has 0 heterocycles. The summed E-state index contributed by atoms with van der Waals surface area (Å²) >= 11 is 0. The summed E-state index contributed by atoms with van der Waals surface area (Å²) < 4.78 is 0. The van der Waals surface area contributed by atoms with E-state index in [2.05, 4.69) is 5.32 Å². The minimum Gasteiger partial charge on any atom is -0.396 e. The summed E-state index contributed by atoms with van der Waals surface area (Å²) in [7, 11) is 0. The number of hydrogen-bond acceptors (Lipinski definition) is 3. The second-order valence-electron chi connectivity index (χ2n) is 5.07. The number of nitrogens with two attached hydrogens (primary N) is 1. The van der Waals surface area contributed by atoms with Crippen LogP contribution in [0.3, 0.4) is 0 Å². The second-order valence-corrected chi connectivity index (χ2v) is 5.07. The Labute approximate surface area is 115 Å². The van der Waals surface area contributed by atoms with E-state index < -0.39 is 0 Å². The molecule has 1 aromatic rings. The van der Waals surface area contributed by atoms with Crippen LogP contribution in [0.4, 0.5) is 0 Å². The Kier molecular flexibility index (Phi) is 6.53. The number of hydrogen-bond donors (Lipinski definition) is 3. The Morgan fingerprint density at radius 2 is 1.95 bits per heavy atom. The summed E-state index contributed by atoms with van der Waals surface area (Å²) in [4.78, 5) is 11.8. The number of rotatable bonds is 7. The maximum absolute atomic E-state index is 11.8. The molecule has 0 saturated heterocycles. The van der Waals surface area contributed by atoms with Crippen molar-refractivity contribution >= 4 is 5.91 Å². The van der Waals surface area contributed by atoms with Gasteiger partial charge in [0.25, 0.3) is 0 Å². The Morgan fingerprint density at radius 1 is 1.32 bits per heavy atom. The van der Waals surface area contributed by atoms with E-state index in [0.29, 0.717) is 12.8 Å². The quantitative estimate of drug-likeness (QED) is 0.700. The summed E-state index contributed by atoms with van der Waals surface area (Å²) in [6, 6.07) is 9.64. The molecule has 0 radical (unpaired) electrons. The summed E-state index contributed by atoms with van der Waals surface area (Å²) in [5.74, 6) is 0.0472. The topological polar surface area (TPSA) is 75.3 Å². The van der Waals surface area contributed by atoms with E-state index in [1.807, 2.05) is 44.2 Å². The maximum Gasteiger partial charge on any atom is 0.220 e. The molecule has 3 unspecified atom stereocenters. The molecule has 1 aromatic carbocycles. The van der Waals surface area contributed by atoms with Crippen molar-refractivity contribution in [2.75, 3.05) is 6.61 Å². The van der Waals surface area contributed by atoms with Gasteiger partial charge in [-0.2, -0.15) is 0 Å². The predicted molar refractivity (Wildman–Crippen MR) is 76.5 cm³/mol. The van der Waals surface area contributed by atoms with Crippen LogP contribution >= 0.6 is 0 Å². The molecule has 3 atom stereocenters. The van der Waals surface area contributed by atoms with Crippen molar-refractivity contribution < 1.29 is 9.90 Å². The van der Waals surface area contributed by atoms with Crippen LogP contribution in [-0.4, -0.2) is 23.7 Å². The van der Waals surface area contributed by atoms with Gasteiger partial charge in [-0.05, 0) is 24.8 Å². The van der Waals surface area contributed by atoms with Crippen molar-refractivity contribution in [2.45, 2.75) is 38.8 Å². The molecule has 0 fully saturated rings. The van der Waals surface area contributed by atoms with Crippen LogP contribution in [0.5, 0.6) is 0 Å². The molecule has 1 amide bonds. The fourth-order valence-electron chi connectivity index (χ4n) is 1.78. The van der Waals surface area contributed by atoms with E-state index in [9.17, 15) is 4.79 Å². The third-order valence-electron chi connectivity index (χ3n) is 3.44. The minimum absolute atomic E-state index is 0.0146. The second kappa shape index (κ2) is 7.92. The van der Waals surface area contributed by atoms with Crippen molar-refractivity contribution in [2.24, 2.45) is 11.7 Å². The molecular weight excluding hydrogens is 240 g/mol. The Morgan fingerprint density at radius 3 is 2.53 bits per heavy atom. The number of aliphatic hydroxyl groups excluding tert-OH is 1. The van der Waals surface area contributed by atoms with Gasteiger partial charge in [-0.3, -0.25) is 4.79 Å². The van der Waals surface area contributed by atoms with Crippen LogP contribution in [-0.2, 0) is 4.79 Å². The molecule has 4 nitrogen and oxygen atoms in total. The predicted octanol–water partition coefficient (Wildman–Crippen LogP) is 1.60. The first kappa shape index (κ1) is 15.7. The average molecular weight is 264 g/mol. The van der Waals surface area contributed by atoms with Gasteiger partial charge in [0.15, 0.2) is 0 Å². The number of nitrogens with one attached hydrogen (secondary N) is 1. The number of carbonyl (C=O) groups excluding carboxylic acids is 1. The smallest absolute Gasteiger partial charge is 0.220 e. The summed E-state index contributed by atoms with van der Waals surface area (Å²) in [6.07, 6.45) is 1.02. The van der Waals surface area contributed by atoms with E-state index in [-0.39, 0.29) is 30.5 Å². The molecule has 4 N–H and O–H groups in total. The SMILES string of the molecule is CC(CO)C(C)NC(=O)CCC(N)c1ccccc1. The highest BCUT2D eigenvalue weighted by molar-refractivity contribution is 5.76. The third kappa shape index (κ3) is 5.41. The number of amides is 1. The van der Waals surface area contributed by atoms with E-state index in [4.69, 9.17) is 10.8 Å². The Balaban J connectivity index is 2.34. The normalized spacial score (nSPS) is 15.6. The molecular formula is C15H24N2O2. The third-order valence-corrected chi connectivity index (χ3v) is 3.44. The molecule has 1 rings (SSSR count). The zero-order valence-corrected chi connectivity index (χ0v) is 11.7. The van der Waals surface area contributed by atoms with Crippen molar-refractivity contribution in [3.63, 3.8) is 0 Å². The average Bonchev–Trinajstić information content (AvgIpc) is 2.44. The number of carbonyl (C=O) groups is 1. The van der Waals surface area contributed by atoms with Crippen molar-refractivity contribution in [1.29, 1.82) is 0 Å². The van der Waals surface area contributed by atoms with Crippen LogP contribution in [0, 0.1) is 5.92 Å². The first-order valence-electron chi connectivity index (χ1n) is 6.75. The van der Waals surface area contributed by atoms with Gasteiger partial charge < -0.3 is 16.2 Å². The van der Waals surface area contributed by atoms with Crippen LogP contribution in [0.15, 0.2) is 30.3 Å². The summed E-state index contributed by atoms with van der Waals surface area (Å²) in [5, 5.41) is 11.9. The first-order valence-corrected chi connectivity index (χ1v) is 6.75. The van der Waals surface area contributed by atoms with Gasteiger partial charge in [0.05, 0.1) is 0 Å². The highest BCUT2D eigenvalue weighted by atomic mass is 16.3. The maximum atomic E-state index is 11.8. The lowest BCUT2D eigenvalue weighted by Crippen LogP contribution is -2.38. The van der Waals surface area contributed by atoms with E-state index >= 15 is 0 Å². The van der Waals surface area contributed by atoms with Crippen LogP contribution < -0.4 is 11.1 Å². The standard InChI is InChI=1S/C15H24N2O2/c1-11(10-18)12(2)17-15(19)9-8-14(16)13-6-4-3-5-7-13/h3-7,11-12,14,18H,8-10,16H2,1-2H3,(H,17,19). The monoisotopic (exact) mass is 264 g/mol. The van der Waals surface area contributed by atoms with Gasteiger partial charge in [0.2, 0.25) is 5.91 Å². The van der Waals surface area contributed by atoms with Gasteiger partial charge in [0, 0.05) is 25.1 Å². The highest BCUT2D eigenvalue weighted by Gasteiger charge is 2.15. The molecule has 4 heteroatoms. The summed E-state index contributed by atoms with van der Waals surface area (Å²) in [5.41, 5.74) is 7.09. The molecule has 19 heavy (non-hydrogen) atoms. The molecule has 0 aliphatic heterocycles. The summed E-state index contributed by atoms with van der Waals surface area (Å²) in [6.45, 7) is 3.88.